The van der Waals surface area contributed by atoms with Crippen LogP contribution < -0.4 is 0 Å². The highest BCUT2D eigenvalue weighted by atomic mass is 16.5. The molecule has 0 amide bonds. The average Bonchev–Trinajstić information content (AvgIpc) is 3.11. The number of carbonyl (C=O) groups excluding carboxylic acids is 1. The van der Waals surface area contributed by atoms with Gasteiger partial charge in [-0.15, -0.1) is 0 Å². The minimum Gasteiger partial charge on any atom is -0.494 e. The Balaban J connectivity index is 2.09. The number of rotatable bonds is 3. The van der Waals surface area contributed by atoms with Crippen LogP contribution in [0.1, 0.15) is 36.2 Å². The van der Waals surface area contributed by atoms with Crippen molar-refractivity contribution in [2.24, 2.45) is 0 Å². The number of fused-ring (bicyclic) bond motifs is 1. The molecule has 1 aromatic carbocycles. The molecular formula is C14H15NO3. The van der Waals surface area contributed by atoms with Crippen LogP contribution in [0.25, 0.3) is 10.9 Å². The third kappa shape index (κ3) is 1.74. The van der Waals surface area contributed by atoms with Crippen molar-refractivity contribution in [2.45, 2.75) is 25.8 Å². The molecule has 0 aliphatic heterocycles. The van der Waals surface area contributed by atoms with E-state index in [1.165, 1.54) is 0 Å². The number of aromatic hydroxyl groups is 1. The summed E-state index contributed by atoms with van der Waals surface area (Å²) in [5, 5.41) is 10.9. The standard InChI is InChI=1S/C14H15NO3/c1-2-18-14(17)10-4-3-9-8-13(16)15(11-5-6-11)12(9)7-10/h3-4,7-8,11,16H,2,5-6H2,1H3. The van der Waals surface area contributed by atoms with Gasteiger partial charge < -0.3 is 14.4 Å². The molecule has 0 radical (unpaired) electrons. The molecule has 1 fully saturated rings. The SMILES string of the molecule is CCOC(=O)c1ccc2cc(O)n(C3CC3)c2c1. The highest BCUT2D eigenvalue weighted by molar-refractivity contribution is 5.95. The van der Waals surface area contributed by atoms with Crippen molar-refractivity contribution in [3.8, 4) is 5.88 Å². The minimum atomic E-state index is -0.317. The van der Waals surface area contributed by atoms with Crippen LogP contribution in [0.3, 0.4) is 0 Å². The Labute approximate surface area is 105 Å². The smallest absolute Gasteiger partial charge is 0.338 e. The maximum Gasteiger partial charge on any atom is 0.338 e. The predicted octanol–water partition coefficient (Wildman–Crippen LogP) is 2.86. The molecule has 1 aliphatic rings. The maximum absolute atomic E-state index is 11.7. The quantitative estimate of drug-likeness (QED) is 0.846. The van der Waals surface area contributed by atoms with E-state index in [4.69, 9.17) is 4.74 Å². The Kier molecular flexibility index (Phi) is 2.51. The molecule has 0 unspecified atom stereocenters. The molecule has 0 bridgehead atoms. The van der Waals surface area contributed by atoms with E-state index < -0.39 is 0 Å². The van der Waals surface area contributed by atoms with Crippen molar-refractivity contribution < 1.29 is 14.6 Å². The van der Waals surface area contributed by atoms with Crippen LogP contribution in [0.5, 0.6) is 5.88 Å². The van der Waals surface area contributed by atoms with E-state index in [9.17, 15) is 9.90 Å². The summed E-state index contributed by atoms with van der Waals surface area (Å²) in [6.07, 6.45) is 2.17. The molecule has 1 aliphatic carbocycles. The fourth-order valence-electron chi connectivity index (χ4n) is 2.26. The van der Waals surface area contributed by atoms with Crippen LogP contribution in [0, 0.1) is 0 Å². The van der Waals surface area contributed by atoms with Gasteiger partial charge in [0.2, 0.25) is 0 Å². The zero-order chi connectivity index (χ0) is 12.7. The second kappa shape index (κ2) is 4.05. The van der Waals surface area contributed by atoms with Crippen molar-refractivity contribution in [1.29, 1.82) is 0 Å². The Morgan fingerprint density at radius 2 is 2.22 bits per heavy atom. The number of carbonyl (C=O) groups is 1. The van der Waals surface area contributed by atoms with Gasteiger partial charge in [0, 0.05) is 17.5 Å². The first kappa shape index (κ1) is 11.1. The molecule has 4 nitrogen and oxygen atoms in total. The van der Waals surface area contributed by atoms with Crippen LogP contribution in [-0.4, -0.2) is 22.2 Å². The highest BCUT2D eigenvalue weighted by Crippen LogP contribution is 2.41. The predicted molar refractivity (Wildman–Crippen MR) is 67.8 cm³/mol. The van der Waals surface area contributed by atoms with Crippen molar-refractivity contribution in [1.82, 2.24) is 4.57 Å². The van der Waals surface area contributed by atoms with Crippen LogP contribution >= 0.6 is 0 Å². The Morgan fingerprint density at radius 3 is 2.89 bits per heavy atom. The second-order valence-electron chi connectivity index (χ2n) is 4.60. The zero-order valence-corrected chi connectivity index (χ0v) is 10.2. The summed E-state index contributed by atoms with van der Waals surface area (Å²) in [6, 6.07) is 7.49. The lowest BCUT2D eigenvalue weighted by Crippen LogP contribution is -2.04. The van der Waals surface area contributed by atoms with Gasteiger partial charge in [0.05, 0.1) is 17.7 Å². The van der Waals surface area contributed by atoms with E-state index in [1.54, 1.807) is 25.1 Å². The molecule has 18 heavy (non-hydrogen) atoms. The summed E-state index contributed by atoms with van der Waals surface area (Å²) in [5.41, 5.74) is 1.44. The van der Waals surface area contributed by atoms with Gasteiger partial charge in [0.1, 0.15) is 0 Å². The third-order valence-corrected chi connectivity index (χ3v) is 3.24. The zero-order valence-electron chi connectivity index (χ0n) is 10.2. The lowest BCUT2D eigenvalue weighted by molar-refractivity contribution is 0.0526. The van der Waals surface area contributed by atoms with Gasteiger partial charge in [-0.05, 0) is 31.9 Å². The number of nitrogens with zero attached hydrogens (tertiary/aromatic N) is 1. The summed E-state index contributed by atoms with van der Waals surface area (Å²) in [4.78, 5) is 11.7. The second-order valence-corrected chi connectivity index (χ2v) is 4.60. The molecule has 1 aromatic heterocycles. The van der Waals surface area contributed by atoms with Crippen molar-refractivity contribution >= 4 is 16.9 Å². The fourth-order valence-corrected chi connectivity index (χ4v) is 2.26. The van der Waals surface area contributed by atoms with Gasteiger partial charge in [-0.25, -0.2) is 4.79 Å². The minimum absolute atomic E-state index is 0.272. The van der Waals surface area contributed by atoms with E-state index in [0.29, 0.717) is 18.2 Å². The molecule has 94 valence electrons. The summed E-state index contributed by atoms with van der Waals surface area (Å²) in [6.45, 7) is 2.15. The summed E-state index contributed by atoms with van der Waals surface area (Å²) in [5.74, 6) is -0.0454. The maximum atomic E-state index is 11.7. The monoisotopic (exact) mass is 245 g/mol. The van der Waals surface area contributed by atoms with E-state index in [2.05, 4.69) is 0 Å². The van der Waals surface area contributed by atoms with Crippen LogP contribution in [0.4, 0.5) is 0 Å². The Hall–Kier alpha value is -1.97. The molecule has 0 atom stereocenters. The van der Waals surface area contributed by atoms with Crippen molar-refractivity contribution in [2.75, 3.05) is 6.61 Å². The molecule has 4 heteroatoms. The fraction of sp³-hybridized carbons (Fsp3) is 0.357. The van der Waals surface area contributed by atoms with E-state index in [1.807, 2.05) is 10.6 Å². The van der Waals surface area contributed by atoms with E-state index in [-0.39, 0.29) is 11.8 Å². The first-order valence-corrected chi connectivity index (χ1v) is 6.21. The highest BCUT2D eigenvalue weighted by Gasteiger charge is 2.27. The average molecular weight is 245 g/mol. The van der Waals surface area contributed by atoms with Gasteiger partial charge in [0.25, 0.3) is 0 Å². The van der Waals surface area contributed by atoms with E-state index >= 15 is 0 Å². The topological polar surface area (TPSA) is 51.5 Å². The first-order valence-electron chi connectivity index (χ1n) is 6.21. The van der Waals surface area contributed by atoms with Crippen LogP contribution in [-0.2, 0) is 4.74 Å². The molecule has 2 aromatic rings. The van der Waals surface area contributed by atoms with Gasteiger partial charge in [-0.3, -0.25) is 0 Å². The number of aromatic nitrogens is 1. The number of hydrogen-bond acceptors (Lipinski definition) is 3. The molecule has 1 saturated carbocycles. The number of esters is 1. The third-order valence-electron chi connectivity index (χ3n) is 3.24. The number of benzene rings is 1. The Morgan fingerprint density at radius 1 is 1.44 bits per heavy atom. The summed E-state index contributed by atoms with van der Waals surface area (Å²) >= 11 is 0. The molecule has 0 spiro atoms. The lowest BCUT2D eigenvalue weighted by Gasteiger charge is -2.06. The van der Waals surface area contributed by atoms with Crippen molar-refractivity contribution in [3.05, 3.63) is 29.8 Å². The molecule has 1 heterocycles. The molecule has 0 saturated heterocycles. The molecule has 3 rings (SSSR count). The van der Waals surface area contributed by atoms with Crippen LogP contribution in [0.15, 0.2) is 24.3 Å². The van der Waals surface area contributed by atoms with E-state index in [0.717, 1.165) is 23.7 Å². The molecule has 1 N–H and O–H groups in total. The lowest BCUT2D eigenvalue weighted by atomic mass is 10.1. The Bertz CT molecular complexity index is 611. The van der Waals surface area contributed by atoms with Crippen LogP contribution in [0.2, 0.25) is 0 Å². The molecular weight excluding hydrogens is 230 g/mol. The first-order chi connectivity index (χ1) is 8.70. The summed E-state index contributed by atoms with van der Waals surface area (Å²) in [7, 11) is 0. The van der Waals surface area contributed by atoms with Gasteiger partial charge >= 0.3 is 5.97 Å². The largest absolute Gasteiger partial charge is 0.494 e. The van der Waals surface area contributed by atoms with Gasteiger partial charge in [0.15, 0.2) is 5.88 Å². The normalized spacial score (nSPS) is 14.9. The number of ether oxygens (including phenoxy) is 1. The van der Waals surface area contributed by atoms with Gasteiger partial charge in [-0.2, -0.15) is 0 Å². The summed E-state index contributed by atoms with van der Waals surface area (Å²) < 4.78 is 6.89. The number of hydrogen-bond donors (Lipinski definition) is 1. The van der Waals surface area contributed by atoms with Crippen molar-refractivity contribution in [3.63, 3.8) is 0 Å². The van der Waals surface area contributed by atoms with Gasteiger partial charge in [-0.1, -0.05) is 6.07 Å².